The first-order chi connectivity index (χ1) is 28.4. The number of hydrogen-bond acceptors (Lipinski definition) is 7. The second-order valence-electron chi connectivity index (χ2n) is 22.2. The van der Waals surface area contributed by atoms with E-state index in [1.54, 1.807) is 0 Å². The molecular weight excluding hydrogens is 802 g/mol. The van der Waals surface area contributed by atoms with Crippen LogP contribution in [0, 0.1) is 56.7 Å². The molecule has 0 bridgehead atoms. The summed E-state index contributed by atoms with van der Waals surface area (Å²) in [6, 6.07) is 0.835. The number of ether oxygens (including phenoxy) is 1. The Morgan fingerprint density at radius 3 is 2.31 bits per heavy atom. The average Bonchev–Trinajstić information content (AvgIpc) is 3.76. The van der Waals surface area contributed by atoms with Gasteiger partial charge in [-0.25, -0.2) is 0 Å². The molecule has 6 aliphatic carbocycles. The van der Waals surface area contributed by atoms with Gasteiger partial charge in [-0.2, -0.15) is 23.8 Å². The van der Waals surface area contributed by atoms with Crippen LogP contribution < -0.4 is 10.1 Å². The number of halogens is 3. The summed E-state index contributed by atoms with van der Waals surface area (Å²) < 4.78 is 67.0. The second-order valence-corrected chi connectivity index (χ2v) is 24.6. The van der Waals surface area contributed by atoms with Gasteiger partial charge in [0.2, 0.25) is 5.88 Å². The highest BCUT2D eigenvalue weighted by Gasteiger charge is 2.70. The number of carboxylic acids is 1. The second kappa shape index (κ2) is 15.4. The highest BCUT2D eigenvalue weighted by molar-refractivity contribution is 8.24. The lowest BCUT2D eigenvalue weighted by molar-refractivity contribution is -0.221. The maximum Gasteiger partial charge on any atom is 0.433 e. The van der Waals surface area contributed by atoms with Crippen LogP contribution in [0.5, 0.6) is 5.88 Å². The van der Waals surface area contributed by atoms with Crippen molar-refractivity contribution in [3.8, 4) is 5.88 Å². The van der Waals surface area contributed by atoms with Crippen LogP contribution in [0.1, 0.15) is 124 Å². The van der Waals surface area contributed by atoms with Gasteiger partial charge < -0.3 is 15.2 Å². The van der Waals surface area contributed by atoms with Gasteiger partial charge in [0, 0.05) is 44.8 Å². The van der Waals surface area contributed by atoms with Crippen molar-refractivity contribution in [1.82, 2.24) is 20.0 Å². The topological polar surface area (TPSA) is 120 Å². The third-order valence-electron chi connectivity index (χ3n) is 19.1. The monoisotopic (exact) mass is 875 g/mol. The Balaban J connectivity index is 0.994. The van der Waals surface area contributed by atoms with Crippen LogP contribution in [0.15, 0.2) is 41.5 Å². The first kappa shape index (κ1) is 45.3. The molecule has 13 heteroatoms. The highest BCUT2D eigenvalue weighted by Crippen LogP contribution is 2.76. The molecule has 342 valence electrons. The zero-order chi connectivity index (χ0) is 44.2. The Labute approximate surface area is 363 Å². The van der Waals surface area contributed by atoms with Crippen molar-refractivity contribution >= 4 is 16.6 Å². The van der Waals surface area contributed by atoms with Crippen molar-refractivity contribution in [3.05, 3.63) is 47.2 Å². The van der Waals surface area contributed by atoms with Crippen molar-refractivity contribution in [2.24, 2.45) is 63.7 Å². The van der Waals surface area contributed by atoms with Crippen LogP contribution in [0.4, 0.5) is 13.2 Å². The smallest absolute Gasteiger partial charge is 0.433 e. The number of carbonyl (C=O) groups is 1. The van der Waals surface area contributed by atoms with E-state index >= 15 is 0 Å². The van der Waals surface area contributed by atoms with Crippen LogP contribution in [0.25, 0.3) is 0 Å². The number of aliphatic carboxylic acids is 1. The summed E-state index contributed by atoms with van der Waals surface area (Å²) in [6.45, 7) is 22.8. The largest absolute Gasteiger partial charge is 0.481 e. The van der Waals surface area contributed by atoms with Gasteiger partial charge >= 0.3 is 12.1 Å². The number of fused-ring (bicyclic) bond motifs is 7. The molecule has 4 saturated carbocycles. The van der Waals surface area contributed by atoms with E-state index in [-0.39, 0.29) is 46.1 Å². The maximum absolute atomic E-state index is 13.4. The zero-order valence-electron chi connectivity index (χ0n) is 37.8. The molecule has 0 aromatic carbocycles. The Morgan fingerprint density at radius 2 is 1.69 bits per heavy atom. The van der Waals surface area contributed by atoms with E-state index < -0.39 is 33.8 Å². The summed E-state index contributed by atoms with van der Waals surface area (Å²) in [7, 11) is -1.20. The van der Waals surface area contributed by atoms with E-state index in [0.717, 1.165) is 43.3 Å². The zero-order valence-corrected chi connectivity index (χ0v) is 38.6. The first-order valence-electron chi connectivity index (χ1n) is 23.2. The normalized spacial score (nSPS) is 41.3. The number of allylic oxidation sites excluding steroid dienone is 5. The highest BCUT2D eigenvalue weighted by atomic mass is 32.3. The van der Waals surface area contributed by atoms with E-state index in [1.807, 2.05) is 0 Å². The van der Waals surface area contributed by atoms with Crippen LogP contribution in [-0.2, 0) is 18.0 Å². The van der Waals surface area contributed by atoms with E-state index in [4.69, 9.17) is 4.74 Å². The van der Waals surface area contributed by atoms with E-state index in [9.17, 15) is 32.2 Å². The lowest BCUT2D eigenvalue weighted by Gasteiger charge is -2.72. The van der Waals surface area contributed by atoms with E-state index in [0.29, 0.717) is 53.9 Å². The van der Waals surface area contributed by atoms with Gasteiger partial charge in [-0.15, -0.1) is 5.10 Å². The summed E-state index contributed by atoms with van der Waals surface area (Å²) in [4.78, 5) is 15.2. The van der Waals surface area contributed by atoms with Crippen molar-refractivity contribution in [2.75, 3.05) is 44.3 Å². The molecule has 10 atom stereocenters. The SMILES string of the molecule is C=C(C)[C@@H]1CC[C@]2(NCCN3CCS(O)(O)CC3)CC[C@]3(C)[C@H](CC[C@@H]4[C@@]5(C)CC=C(C6=CCC(COc7cc(C(F)(F)F)n(C)n7)(C(=O)O)CC6)C(C)(C)[C@@H]5CC[C@]43C)[C@@H]12. The van der Waals surface area contributed by atoms with Gasteiger partial charge in [0.1, 0.15) is 17.7 Å². The van der Waals surface area contributed by atoms with Crippen molar-refractivity contribution in [1.29, 1.82) is 0 Å². The summed E-state index contributed by atoms with van der Waals surface area (Å²) in [5, 5.41) is 18.5. The maximum atomic E-state index is 13.4. The number of nitrogens with one attached hydrogen (secondary N) is 1. The molecule has 0 spiro atoms. The lowest BCUT2D eigenvalue weighted by Crippen LogP contribution is -2.68. The molecule has 1 unspecified atom stereocenters. The first-order valence-corrected chi connectivity index (χ1v) is 25.0. The molecule has 2 heterocycles. The minimum absolute atomic E-state index is 0.104. The van der Waals surface area contributed by atoms with Crippen molar-refractivity contribution < 1.29 is 36.9 Å². The minimum Gasteiger partial charge on any atom is -0.481 e. The molecule has 0 amide bonds. The molecule has 0 radical (unpaired) electrons. The number of aryl methyl sites for hydroxylation is 1. The number of nitrogens with zero attached hydrogens (tertiary/aromatic N) is 3. The van der Waals surface area contributed by atoms with Gasteiger partial charge in [0.25, 0.3) is 0 Å². The molecule has 1 saturated heterocycles. The van der Waals surface area contributed by atoms with Crippen LogP contribution in [-0.4, -0.2) is 84.7 Å². The summed E-state index contributed by atoms with van der Waals surface area (Å²) in [5.74, 6) is 2.56. The number of carboxylic acid groups (broad SMARTS) is 1. The van der Waals surface area contributed by atoms with Crippen LogP contribution >= 0.6 is 10.6 Å². The fourth-order valence-corrected chi connectivity index (χ4v) is 16.9. The Morgan fingerprint density at radius 1 is 0.967 bits per heavy atom. The van der Waals surface area contributed by atoms with E-state index in [2.05, 4.69) is 75.6 Å². The van der Waals surface area contributed by atoms with Gasteiger partial charge in [0.05, 0.1) is 11.5 Å². The van der Waals surface area contributed by atoms with E-state index in [1.165, 1.54) is 75.1 Å². The molecule has 8 rings (SSSR count). The van der Waals surface area contributed by atoms with Crippen molar-refractivity contribution in [3.63, 3.8) is 0 Å². The Bertz CT molecular complexity index is 1950. The summed E-state index contributed by atoms with van der Waals surface area (Å²) in [6.07, 6.45) is 11.9. The third kappa shape index (κ3) is 7.38. The minimum atomic E-state index is -4.58. The standard InChI is InChI=1S/C48H73F3N4O5S/c1-31(2)33-13-20-47(52-23-24-55-25-27-61(58,59)28-26-55)22-21-44(6)35(40(33)47)9-10-37-43(5)16-14-34(42(3,4)36(43)15-17-45(37,44)7)32-11-18-46(19-12-32,41(56)57)30-60-39-29-38(48(49,50)51)54(8)53-39/h11,14,29,33,35-37,40,52,58-59H,1,9-10,12-13,15-28,30H2,2-8H3,(H,56,57)/t33-,35+,36-,37+,40+,43-,44+,45+,46?,47-/m0/s1. The molecule has 9 nitrogen and oxygen atoms in total. The lowest BCUT2D eigenvalue weighted by atomic mass is 9.33. The van der Waals surface area contributed by atoms with Gasteiger partial charge in [-0.1, -0.05) is 58.9 Å². The quantitative estimate of drug-likeness (QED) is 0.172. The number of rotatable bonds is 10. The Hall–Kier alpha value is -2.32. The van der Waals surface area contributed by atoms with Crippen LogP contribution in [0.2, 0.25) is 0 Å². The van der Waals surface area contributed by atoms with Crippen LogP contribution in [0.3, 0.4) is 0 Å². The summed E-state index contributed by atoms with van der Waals surface area (Å²) in [5.41, 5.74) is 2.28. The third-order valence-corrected chi connectivity index (χ3v) is 20.7. The molecular formula is C48H73F3N4O5S. The van der Waals surface area contributed by atoms with Gasteiger partial charge in [-0.3, -0.25) is 23.5 Å². The molecule has 7 aliphatic rings. The summed E-state index contributed by atoms with van der Waals surface area (Å²) >= 11 is 0. The van der Waals surface area contributed by atoms with Crippen molar-refractivity contribution in [2.45, 2.75) is 130 Å². The Kier molecular flexibility index (Phi) is 11.4. The number of hydrogen-bond donors (Lipinski definition) is 4. The number of alkyl halides is 3. The molecule has 1 aromatic rings. The molecule has 1 aromatic heterocycles. The average molecular weight is 875 g/mol. The fourth-order valence-electron chi connectivity index (χ4n) is 15.6. The predicted octanol–water partition coefficient (Wildman–Crippen LogP) is 10.6. The molecule has 5 fully saturated rings. The predicted molar refractivity (Wildman–Crippen MR) is 235 cm³/mol. The molecule has 4 N–H and O–H groups in total. The molecule has 1 aliphatic heterocycles. The van der Waals surface area contributed by atoms with Gasteiger partial charge in [-0.05, 0) is 146 Å². The number of aromatic nitrogens is 2. The fraction of sp³-hybridized carbons (Fsp3) is 0.792. The molecule has 61 heavy (non-hydrogen) atoms. The van der Waals surface area contributed by atoms with Gasteiger partial charge in [0.15, 0.2) is 0 Å².